The van der Waals surface area contributed by atoms with Crippen LogP contribution in [0.4, 0.5) is 0 Å². The first-order valence-corrected chi connectivity index (χ1v) is 6.80. The Kier molecular flexibility index (Phi) is 3.92. The Hall–Kier alpha value is -1.39. The fraction of sp³-hybridized carbons (Fsp3) is 0.556. The van der Waals surface area contributed by atoms with Crippen molar-refractivity contribution in [3.05, 3.63) is 17.5 Å². The Balaban J connectivity index is 0.000000232. The SMILES string of the molecule is C[n+]1nnn2c3c(cnc21)CCCC3.[O-][Cl+3]([O-])([O-])[O-]. The van der Waals surface area contributed by atoms with E-state index in [0.717, 1.165) is 18.6 Å². The van der Waals surface area contributed by atoms with E-state index in [2.05, 4.69) is 15.4 Å². The molecule has 0 saturated heterocycles. The monoisotopic (exact) mass is 289 g/mol. The highest BCUT2D eigenvalue weighted by atomic mass is 35.7. The molecule has 0 amide bonds. The van der Waals surface area contributed by atoms with Crippen molar-refractivity contribution in [3.8, 4) is 0 Å². The second-order valence-electron chi connectivity index (χ2n) is 4.13. The molecule has 2 heterocycles. The molecule has 2 aromatic rings. The zero-order valence-corrected chi connectivity index (χ0v) is 10.9. The van der Waals surface area contributed by atoms with Gasteiger partial charge >= 0.3 is 5.78 Å². The van der Waals surface area contributed by atoms with Crippen LogP contribution in [0.2, 0.25) is 0 Å². The van der Waals surface area contributed by atoms with Crippen LogP contribution in [0.3, 0.4) is 0 Å². The molecule has 0 aromatic carbocycles. The third-order valence-corrected chi connectivity index (χ3v) is 2.81. The lowest BCUT2D eigenvalue weighted by Crippen LogP contribution is -2.68. The standard InChI is InChI=1S/C9H12N5.ClHO4/c1-13-9-10-6-7-4-2-3-5-8(7)14(9)12-11-13;2-1(3,4)5/h6H,2-5H2,1H3;(H,2,3,4,5)/q+1;/p-1. The zero-order valence-electron chi connectivity index (χ0n) is 10.2. The van der Waals surface area contributed by atoms with Crippen LogP contribution in [-0.2, 0) is 19.9 Å². The minimum Gasteiger partial charge on any atom is -0.222 e. The molecule has 0 fully saturated rings. The number of aromatic nitrogens is 5. The van der Waals surface area contributed by atoms with E-state index in [4.69, 9.17) is 18.6 Å². The van der Waals surface area contributed by atoms with Crippen molar-refractivity contribution in [2.45, 2.75) is 25.7 Å². The number of hydrogen-bond acceptors (Lipinski definition) is 7. The number of fused-ring (bicyclic) bond motifs is 3. The van der Waals surface area contributed by atoms with Crippen molar-refractivity contribution in [3.63, 3.8) is 0 Å². The van der Waals surface area contributed by atoms with E-state index in [1.54, 1.807) is 4.68 Å². The highest BCUT2D eigenvalue weighted by Crippen LogP contribution is 2.19. The van der Waals surface area contributed by atoms with Gasteiger partial charge in [0.2, 0.25) is 0 Å². The highest BCUT2D eigenvalue weighted by molar-refractivity contribution is 5.28. The van der Waals surface area contributed by atoms with Crippen molar-refractivity contribution >= 4 is 5.78 Å². The minimum absolute atomic E-state index is 0.825. The summed E-state index contributed by atoms with van der Waals surface area (Å²) in [5.41, 5.74) is 2.61. The van der Waals surface area contributed by atoms with E-state index < -0.39 is 10.2 Å². The molecule has 104 valence electrons. The van der Waals surface area contributed by atoms with E-state index >= 15 is 0 Å². The molecule has 1 aliphatic rings. The van der Waals surface area contributed by atoms with Gasteiger partial charge in [-0.1, -0.05) is 4.52 Å². The van der Waals surface area contributed by atoms with Gasteiger partial charge in [0.05, 0.1) is 18.5 Å². The molecule has 0 aliphatic heterocycles. The fourth-order valence-corrected chi connectivity index (χ4v) is 2.06. The van der Waals surface area contributed by atoms with Gasteiger partial charge in [-0.2, -0.15) is 0 Å². The summed E-state index contributed by atoms with van der Waals surface area (Å²) in [5.74, 6) is 0.825. The van der Waals surface area contributed by atoms with Crippen LogP contribution < -0.4 is 23.3 Å². The first-order valence-electron chi connectivity index (χ1n) is 5.56. The predicted molar refractivity (Wildman–Crippen MR) is 48.6 cm³/mol. The highest BCUT2D eigenvalue weighted by Gasteiger charge is 2.21. The maximum absolute atomic E-state index is 8.49. The van der Waals surface area contributed by atoms with E-state index in [0.29, 0.717) is 0 Å². The molecular formula is C9H12ClN5O4. The number of halogens is 1. The van der Waals surface area contributed by atoms with Gasteiger partial charge in [-0.05, 0) is 19.3 Å². The van der Waals surface area contributed by atoms with Crippen molar-refractivity contribution in [2.24, 2.45) is 7.05 Å². The summed E-state index contributed by atoms with van der Waals surface area (Å²) in [6, 6.07) is 0. The van der Waals surface area contributed by atoms with E-state index in [-0.39, 0.29) is 0 Å². The first kappa shape index (κ1) is 14.0. The Bertz CT molecular complexity index is 576. The molecule has 9 nitrogen and oxygen atoms in total. The Morgan fingerprint density at radius 2 is 1.84 bits per heavy atom. The van der Waals surface area contributed by atoms with Crippen LogP contribution >= 0.6 is 0 Å². The van der Waals surface area contributed by atoms with Gasteiger partial charge in [0.25, 0.3) is 0 Å². The summed E-state index contributed by atoms with van der Waals surface area (Å²) in [5, 5.41) is 8.07. The zero-order chi connectivity index (χ0) is 14.0. The summed E-state index contributed by atoms with van der Waals surface area (Å²) >= 11 is 0. The Morgan fingerprint density at radius 3 is 2.53 bits per heavy atom. The molecule has 0 spiro atoms. The van der Waals surface area contributed by atoms with Crippen molar-refractivity contribution in [2.75, 3.05) is 0 Å². The average Bonchev–Trinajstić information content (AvgIpc) is 2.69. The van der Waals surface area contributed by atoms with Gasteiger partial charge in [-0.15, -0.1) is 19.9 Å². The summed E-state index contributed by atoms with van der Waals surface area (Å²) < 4.78 is 37.5. The smallest absolute Gasteiger partial charge is 0.222 e. The number of tetrazole rings is 1. The van der Waals surface area contributed by atoms with Crippen molar-refractivity contribution < 1.29 is 33.6 Å². The van der Waals surface area contributed by atoms with Gasteiger partial charge < -0.3 is 0 Å². The molecule has 1 aliphatic carbocycles. The largest absolute Gasteiger partial charge is 0.407 e. The van der Waals surface area contributed by atoms with Crippen LogP contribution in [0, 0.1) is 10.2 Å². The molecule has 10 heteroatoms. The predicted octanol–water partition coefficient (Wildman–Crippen LogP) is -4.93. The fourth-order valence-electron chi connectivity index (χ4n) is 2.06. The molecule has 3 rings (SSSR count). The van der Waals surface area contributed by atoms with E-state index in [1.165, 1.54) is 24.1 Å². The molecule has 0 saturated carbocycles. The van der Waals surface area contributed by atoms with Gasteiger partial charge in [-0.25, -0.2) is 18.6 Å². The molecule has 0 bridgehead atoms. The summed E-state index contributed by atoms with van der Waals surface area (Å²) in [4.78, 5) is 4.35. The van der Waals surface area contributed by atoms with Gasteiger partial charge in [-0.3, -0.25) is 0 Å². The molecular weight excluding hydrogens is 278 g/mol. The van der Waals surface area contributed by atoms with Crippen LogP contribution in [0.25, 0.3) is 5.78 Å². The third kappa shape index (κ3) is 3.55. The number of aryl methyl sites for hydroxylation is 3. The number of nitrogens with zero attached hydrogens (tertiary/aromatic N) is 5. The van der Waals surface area contributed by atoms with Crippen LogP contribution in [0.15, 0.2) is 6.20 Å². The Labute approximate surface area is 110 Å². The van der Waals surface area contributed by atoms with Crippen LogP contribution in [0.1, 0.15) is 24.1 Å². The summed E-state index contributed by atoms with van der Waals surface area (Å²) in [6.07, 6.45) is 6.70. The second-order valence-corrected chi connectivity index (χ2v) is 4.89. The van der Waals surface area contributed by atoms with Crippen molar-refractivity contribution in [1.82, 2.24) is 19.9 Å². The van der Waals surface area contributed by atoms with Crippen LogP contribution in [-0.4, -0.2) is 19.9 Å². The average molecular weight is 290 g/mol. The third-order valence-electron chi connectivity index (χ3n) is 2.81. The molecule has 0 N–H and O–H groups in total. The quantitative estimate of drug-likeness (QED) is 0.443. The van der Waals surface area contributed by atoms with Gasteiger partial charge in [0, 0.05) is 12.0 Å². The van der Waals surface area contributed by atoms with Crippen molar-refractivity contribution in [1.29, 1.82) is 0 Å². The maximum atomic E-state index is 8.49. The molecule has 2 aromatic heterocycles. The molecule has 19 heavy (non-hydrogen) atoms. The minimum atomic E-state index is -4.94. The molecule has 0 radical (unpaired) electrons. The van der Waals surface area contributed by atoms with Gasteiger partial charge in [0.1, 0.15) is 10.9 Å². The molecule has 0 atom stereocenters. The lowest BCUT2D eigenvalue weighted by molar-refractivity contribution is -2.00. The topological polar surface area (TPSA) is 139 Å². The van der Waals surface area contributed by atoms with Crippen LogP contribution in [0.5, 0.6) is 0 Å². The number of rotatable bonds is 0. The summed E-state index contributed by atoms with van der Waals surface area (Å²) in [6.45, 7) is 0. The lowest BCUT2D eigenvalue weighted by Gasteiger charge is -2.17. The number of hydrogen-bond donors (Lipinski definition) is 0. The normalized spacial score (nSPS) is 14.8. The van der Waals surface area contributed by atoms with E-state index in [9.17, 15) is 0 Å². The first-order chi connectivity index (χ1) is 8.86. The summed E-state index contributed by atoms with van der Waals surface area (Å²) in [7, 11) is -3.08. The maximum Gasteiger partial charge on any atom is 0.407 e. The second kappa shape index (κ2) is 5.31. The van der Waals surface area contributed by atoms with E-state index in [1.807, 2.05) is 17.8 Å². The molecule has 0 unspecified atom stereocenters. The van der Waals surface area contributed by atoms with Gasteiger partial charge in [0.15, 0.2) is 0 Å². The Morgan fingerprint density at radius 1 is 1.21 bits per heavy atom. The lowest BCUT2D eigenvalue weighted by atomic mass is 9.98.